The lowest BCUT2D eigenvalue weighted by atomic mass is 9.47. The van der Waals surface area contributed by atoms with E-state index < -0.39 is 5.97 Å². The molecule has 28 heavy (non-hydrogen) atoms. The molecule has 0 heterocycles. The van der Waals surface area contributed by atoms with Crippen LogP contribution in [0.4, 0.5) is 0 Å². The van der Waals surface area contributed by atoms with Gasteiger partial charge in [0.05, 0.1) is 6.10 Å². The van der Waals surface area contributed by atoms with Crippen molar-refractivity contribution in [2.75, 3.05) is 0 Å². The van der Waals surface area contributed by atoms with Crippen molar-refractivity contribution in [2.24, 2.45) is 40.4 Å². The van der Waals surface area contributed by atoms with E-state index in [9.17, 15) is 14.7 Å². The van der Waals surface area contributed by atoms with E-state index in [1.54, 1.807) is 0 Å². The lowest BCUT2D eigenvalue weighted by molar-refractivity contribution is -0.138. The fourth-order valence-electron chi connectivity index (χ4n) is 7.48. The normalized spacial score (nSPS) is 45.6. The maximum absolute atomic E-state index is 11.9. The summed E-state index contributed by atoms with van der Waals surface area (Å²) in [6, 6.07) is 0. The average molecular weight is 387 g/mol. The third-order valence-electron chi connectivity index (χ3n) is 9.19. The van der Waals surface area contributed by atoms with Gasteiger partial charge in [-0.3, -0.25) is 9.59 Å². The van der Waals surface area contributed by atoms with Crippen LogP contribution in [-0.4, -0.2) is 28.1 Å². The molecule has 4 nitrogen and oxygen atoms in total. The van der Waals surface area contributed by atoms with E-state index in [1.165, 1.54) is 0 Å². The van der Waals surface area contributed by atoms with Crippen molar-refractivity contribution < 1.29 is 19.8 Å². The second-order valence-corrected chi connectivity index (χ2v) is 10.3. The van der Waals surface area contributed by atoms with Crippen molar-refractivity contribution in [3.05, 3.63) is 23.8 Å². The maximum Gasteiger partial charge on any atom is 0.303 e. The number of allylic oxidation sites excluding steroid dienone is 4. The molecule has 0 aliphatic heterocycles. The van der Waals surface area contributed by atoms with Crippen molar-refractivity contribution in [3.63, 3.8) is 0 Å². The van der Waals surface area contributed by atoms with E-state index in [1.807, 2.05) is 6.08 Å². The van der Waals surface area contributed by atoms with E-state index in [0.717, 1.165) is 31.3 Å². The summed E-state index contributed by atoms with van der Waals surface area (Å²) in [4.78, 5) is 23.0. The number of hydrogen-bond acceptors (Lipinski definition) is 3. The lowest BCUT2D eigenvalue weighted by Gasteiger charge is -2.58. The number of aliphatic hydroxyl groups is 1. The zero-order valence-electron chi connectivity index (χ0n) is 17.4. The minimum atomic E-state index is -0.731. The molecule has 4 aliphatic carbocycles. The summed E-state index contributed by atoms with van der Waals surface area (Å²) in [5.74, 6) is 1.45. The van der Waals surface area contributed by atoms with Gasteiger partial charge in [-0.15, -0.1) is 0 Å². The Morgan fingerprint density at radius 2 is 2.04 bits per heavy atom. The Labute approximate surface area is 168 Å². The van der Waals surface area contributed by atoms with E-state index in [4.69, 9.17) is 5.11 Å². The van der Waals surface area contributed by atoms with Crippen LogP contribution in [0.25, 0.3) is 0 Å². The van der Waals surface area contributed by atoms with Crippen LogP contribution >= 0.6 is 0 Å². The molecule has 0 amide bonds. The molecule has 0 aromatic heterocycles. The van der Waals surface area contributed by atoms with Crippen molar-refractivity contribution in [1.82, 2.24) is 0 Å². The molecular formula is C24H34O4. The van der Waals surface area contributed by atoms with Gasteiger partial charge < -0.3 is 10.2 Å². The number of hydrogen-bond donors (Lipinski definition) is 2. The van der Waals surface area contributed by atoms with Crippen LogP contribution < -0.4 is 0 Å². The van der Waals surface area contributed by atoms with Crippen LogP contribution in [0.2, 0.25) is 0 Å². The molecule has 0 bridgehead atoms. The second-order valence-electron chi connectivity index (χ2n) is 10.3. The van der Waals surface area contributed by atoms with Gasteiger partial charge in [0, 0.05) is 12.8 Å². The molecule has 0 saturated heterocycles. The quantitative estimate of drug-likeness (QED) is 0.752. The van der Waals surface area contributed by atoms with Crippen LogP contribution in [0.5, 0.6) is 0 Å². The van der Waals surface area contributed by atoms with Gasteiger partial charge in [-0.05, 0) is 84.2 Å². The number of carboxylic acids is 1. The lowest BCUT2D eigenvalue weighted by Crippen LogP contribution is -2.55. The van der Waals surface area contributed by atoms with Gasteiger partial charge in [0.15, 0.2) is 5.78 Å². The second kappa shape index (κ2) is 6.83. The number of rotatable bonds is 4. The van der Waals surface area contributed by atoms with E-state index >= 15 is 0 Å². The predicted molar refractivity (Wildman–Crippen MR) is 108 cm³/mol. The zero-order chi connectivity index (χ0) is 20.3. The number of carbonyl (C=O) groups is 2. The number of carbonyl (C=O) groups excluding carboxylic acids is 1. The largest absolute Gasteiger partial charge is 0.481 e. The highest BCUT2D eigenvalue weighted by molar-refractivity contribution is 5.92. The van der Waals surface area contributed by atoms with E-state index in [-0.39, 0.29) is 29.1 Å². The molecule has 0 spiro atoms. The molecule has 0 aromatic carbocycles. The minimum absolute atomic E-state index is 0.0113. The predicted octanol–water partition coefficient (Wildman–Crippen LogP) is 4.38. The highest BCUT2D eigenvalue weighted by Crippen LogP contribution is 2.66. The van der Waals surface area contributed by atoms with Crippen LogP contribution in [-0.2, 0) is 9.59 Å². The average Bonchev–Trinajstić information content (AvgIpc) is 3.00. The molecule has 154 valence electrons. The molecule has 1 unspecified atom stereocenters. The van der Waals surface area contributed by atoms with Gasteiger partial charge >= 0.3 is 5.97 Å². The van der Waals surface area contributed by atoms with Crippen LogP contribution in [0.3, 0.4) is 0 Å². The van der Waals surface area contributed by atoms with Gasteiger partial charge in [0.25, 0.3) is 0 Å². The highest BCUT2D eigenvalue weighted by atomic mass is 16.4. The van der Waals surface area contributed by atoms with Crippen LogP contribution in [0, 0.1) is 40.4 Å². The first-order valence-corrected chi connectivity index (χ1v) is 11.0. The fraction of sp³-hybridized carbons (Fsp3) is 0.750. The number of fused-ring (bicyclic) bond motifs is 5. The van der Waals surface area contributed by atoms with Crippen LogP contribution in [0.15, 0.2) is 23.8 Å². The first kappa shape index (κ1) is 19.9. The van der Waals surface area contributed by atoms with Gasteiger partial charge in [-0.1, -0.05) is 32.9 Å². The Morgan fingerprint density at radius 1 is 1.29 bits per heavy atom. The topological polar surface area (TPSA) is 74.6 Å². The number of ketones is 1. The molecule has 2 fully saturated rings. The summed E-state index contributed by atoms with van der Waals surface area (Å²) in [7, 11) is 0. The van der Waals surface area contributed by atoms with Crippen LogP contribution in [0.1, 0.15) is 65.7 Å². The monoisotopic (exact) mass is 386 g/mol. The summed E-state index contributed by atoms with van der Waals surface area (Å²) < 4.78 is 0. The molecule has 4 heteroatoms. The maximum atomic E-state index is 11.9. The fourth-order valence-corrected chi connectivity index (χ4v) is 7.48. The summed E-state index contributed by atoms with van der Waals surface area (Å²) in [6.07, 6.45) is 11.4. The highest BCUT2D eigenvalue weighted by Gasteiger charge is 2.62. The van der Waals surface area contributed by atoms with Crippen molar-refractivity contribution in [1.29, 1.82) is 0 Å². The SMILES string of the molecule is C[C@H](CCC(=O)O)C1CC[C@H]2[C@@H]3C=CC4=CC(=O)CC[C@]4(C)[C@H]3C[C@H](O)[C@]12C. The number of carboxylic acid groups (broad SMARTS) is 1. The third kappa shape index (κ3) is 2.82. The standard InChI is InChI=1S/C24H34O4/c1-14(4-9-22(27)28)18-7-8-19-17-6-5-15-12-16(25)10-11-23(15,2)20(17)13-21(26)24(18,19)3/h5-6,12,14,17-21,26H,4,7-11,13H2,1-3H3,(H,27,28)/t14-,17+,18?,19+,20+,21+,23+,24-/m1/s1. The van der Waals surface area contributed by atoms with Crippen molar-refractivity contribution in [2.45, 2.75) is 71.8 Å². The Bertz CT molecular complexity index is 737. The van der Waals surface area contributed by atoms with Gasteiger partial charge in [0.2, 0.25) is 0 Å². The molecule has 4 rings (SSSR count). The third-order valence-corrected chi connectivity index (χ3v) is 9.19. The Morgan fingerprint density at radius 3 is 2.75 bits per heavy atom. The molecule has 4 aliphatic rings. The summed E-state index contributed by atoms with van der Waals surface area (Å²) >= 11 is 0. The Balaban J connectivity index is 1.64. The summed E-state index contributed by atoms with van der Waals surface area (Å²) in [5.41, 5.74) is 0.999. The van der Waals surface area contributed by atoms with Gasteiger partial charge in [-0.2, -0.15) is 0 Å². The molecule has 2 N–H and O–H groups in total. The van der Waals surface area contributed by atoms with E-state index in [0.29, 0.717) is 42.4 Å². The van der Waals surface area contributed by atoms with Crippen molar-refractivity contribution in [3.8, 4) is 0 Å². The van der Waals surface area contributed by atoms with Gasteiger partial charge in [0.1, 0.15) is 0 Å². The molecular weight excluding hydrogens is 352 g/mol. The number of aliphatic carboxylic acids is 1. The molecule has 2 saturated carbocycles. The zero-order valence-corrected chi connectivity index (χ0v) is 17.4. The molecule has 0 radical (unpaired) electrons. The number of aliphatic hydroxyl groups excluding tert-OH is 1. The summed E-state index contributed by atoms with van der Waals surface area (Å²) in [5, 5.41) is 20.5. The van der Waals surface area contributed by atoms with Gasteiger partial charge in [-0.25, -0.2) is 0 Å². The first-order valence-electron chi connectivity index (χ1n) is 11.0. The Kier molecular flexibility index (Phi) is 4.85. The van der Waals surface area contributed by atoms with E-state index in [2.05, 4.69) is 32.9 Å². The summed E-state index contributed by atoms with van der Waals surface area (Å²) in [6.45, 7) is 6.73. The first-order chi connectivity index (χ1) is 13.2. The van der Waals surface area contributed by atoms with Crippen molar-refractivity contribution >= 4 is 11.8 Å². The molecule has 8 atom stereocenters. The Hall–Kier alpha value is -1.42. The minimum Gasteiger partial charge on any atom is -0.481 e. The smallest absolute Gasteiger partial charge is 0.303 e. The molecule has 0 aromatic rings.